The molecular weight excluding hydrogens is 228 g/mol. The Morgan fingerprint density at radius 2 is 2.15 bits per heavy atom. The lowest BCUT2D eigenvalue weighted by Crippen LogP contribution is -2.03. The van der Waals surface area contributed by atoms with Crippen molar-refractivity contribution < 1.29 is 4.74 Å². The normalized spacial score (nSPS) is 23.0. The fourth-order valence-corrected chi connectivity index (χ4v) is 1.90. The number of unbranched alkanes of at least 4 members (excludes halogenated alkanes) is 1. The highest BCUT2D eigenvalue weighted by Gasteiger charge is 2.13. The summed E-state index contributed by atoms with van der Waals surface area (Å²) in [4.78, 5) is 0. The van der Waals surface area contributed by atoms with Gasteiger partial charge in [0, 0.05) is 11.9 Å². The van der Waals surface area contributed by atoms with Crippen LogP contribution in [0.25, 0.3) is 0 Å². The van der Waals surface area contributed by atoms with Gasteiger partial charge in [-0.1, -0.05) is 28.1 Å². The van der Waals surface area contributed by atoms with Crippen molar-refractivity contribution in [3.05, 3.63) is 12.2 Å². The van der Waals surface area contributed by atoms with Gasteiger partial charge >= 0.3 is 0 Å². The summed E-state index contributed by atoms with van der Waals surface area (Å²) in [6.45, 7) is 0.990. The van der Waals surface area contributed by atoms with Crippen LogP contribution < -0.4 is 0 Å². The zero-order chi connectivity index (χ0) is 9.36. The molecule has 1 heterocycles. The van der Waals surface area contributed by atoms with E-state index in [1.165, 1.54) is 32.1 Å². The first-order valence-electron chi connectivity index (χ1n) is 5.26. The zero-order valence-corrected chi connectivity index (χ0v) is 9.76. The number of halogens is 1. The summed E-state index contributed by atoms with van der Waals surface area (Å²) in [6, 6.07) is 0. The molecule has 0 aromatic heterocycles. The molecule has 1 aliphatic rings. The van der Waals surface area contributed by atoms with E-state index in [-0.39, 0.29) is 0 Å². The third-order valence-electron chi connectivity index (χ3n) is 2.36. The maximum absolute atomic E-state index is 5.55. The largest absolute Gasteiger partial charge is 0.378 e. The van der Waals surface area contributed by atoms with Gasteiger partial charge in [0.25, 0.3) is 0 Å². The van der Waals surface area contributed by atoms with E-state index < -0.39 is 0 Å². The smallest absolute Gasteiger partial charge is 0.0576 e. The highest BCUT2D eigenvalue weighted by Crippen LogP contribution is 2.17. The maximum atomic E-state index is 5.55. The molecule has 0 N–H and O–H groups in total. The minimum atomic E-state index is 0.574. The van der Waals surface area contributed by atoms with Gasteiger partial charge in [0.2, 0.25) is 0 Å². The van der Waals surface area contributed by atoms with Gasteiger partial charge < -0.3 is 4.74 Å². The van der Waals surface area contributed by atoms with Crippen LogP contribution in [0, 0.1) is 0 Å². The van der Waals surface area contributed by atoms with Gasteiger partial charge in [-0.2, -0.15) is 0 Å². The molecule has 0 amide bonds. The summed E-state index contributed by atoms with van der Waals surface area (Å²) in [7, 11) is 0. The van der Waals surface area contributed by atoms with Crippen molar-refractivity contribution in [3.63, 3.8) is 0 Å². The molecule has 1 fully saturated rings. The number of allylic oxidation sites excluding steroid dienone is 2. The van der Waals surface area contributed by atoms with E-state index in [0.29, 0.717) is 6.10 Å². The lowest BCUT2D eigenvalue weighted by atomic mass is 10.1. The van der Waals surface area contributed by atoms with Crippen LogP contribution in [0.5, 0.6) is 0 Å². The molecular formula is C11H19BrO. The van der Waals surface area contributed by atoms with Gasteiger partial charge in [-0.3, -0.25) is 0 Å². The van der Waals surface area contributed by atoms with E-state index >= 15 is 0 Å². The van der Waals surface area contributed by atoms with Crippen LogP contribution in [-0.4, -0.2) is 18.0 Å². The highest BCUT2D eigenvalue weighted by atomic mass is 79.9. The molecule has 0 saturated carbocycles. The summed E-state index contributed by atoms with van der Waals surface area (Å²) >= 11 is 3.40. The first-order chi connectivity index (χ1) is 6.43. The second-order valence-corrected chi connectivity index (χ2v) is 4.31. The van der Waals surface area contributed by atoms with Crippen molar-refractivity contribution in [2.45, 2.75) is 44.6 Å². The predicted octanol–water partition coefficient (Wildman–Crippen LogP) is 3.68. The van der Waals surface area contributed by atoms with E-state index in [9.17, 15) is 0 Å². The van der Waals surface area contributed by atoms with Crippen LogP contribution in [0.15, 0.2) is 12.2 Å². The Hall–Kier alpha value is 0.180. The molecule has 1 atom stereocenters. The number of rotatable bonds is 6. The Bertz CT molecular complexity index is 139. The number of hydrogen-bond acceptors (Lipinski definition) is 1. The van der Waals surface area contributed by atoms with Gasteiger partial charge in [-0.25, -0.2) is 0 Å². The zero-order valence-electron chi connectivity index (χ0n) is 8.18. The van der Waals surface area contributed by atoms with Gasteiger partial charge in [0.15, 0.2) is 0 Å². The fraction of sp³-hybridized carbons (Fsp3) is 0.818. The number of hydrogen-bond donors (Lipinski definition) is 0. The van der Waals surface area contributed by atoms with E-state index in [4.69, 9.17) is 4.74 Å². The Morgan fingerprint density at radius 3 is 2.85 bits per heavy atom. The Morgan fingerprint density at radius 1 is 1.31 bits per heavy atom. The van der Waals surface area contributed by atoms with E-state index in [2.05, 4.69) is 28.1 Å². The van der Waals surface area contributed by atoms with Crippen molar-refractivity contribution in [3.8, 4) is 0 Å². The second kappa shape index (κ2) is 7.57. The Kier molecular flexibility index (Phi) is 6.56. The summed E-state index contributed by atoms with van der Waals surface area (Å²) < 4.78 is 5.55. The molecule has 76 valence electrons. The molecule has 2 heteroatoms. The monoisotopic (exact) mass is 246 g/mol. The van der Waals surface area contributed by atoms with Crippen LogP contribution >= 0.6 is 15.9 Å². The topological polar surface area (TPSA) is 9.23 Å². The quantitative estimate of drug-likeness (QED) is 0.395. The molecule has 1 unspecified atom stereocenters. The Labute approximate surface area is 89.7 Å². The SMILES string of the molecule is BrCCC=CCCCC1CCCO1. The maximum Gasteiger partial charge on any atom is 0.0576 e. The molecule has 0 spiro atoms. The fourth-order valence-electron chi connectivity index (χ4n) is 1.63. The van der Waals surface area contributed by atoms with E-state index in [0.717, 1.165) is 18.4 Å². The predicted molar refractivity (Wildman–Crippen MR) is 60.4 cm³/mol. The van der Waals surface area contributed by atoms with Gasteiger partial charge in [0.05, 0.1) is 6.10 Å². The summed E-state index contributed by atoms with van der Waals surface area (Å²) in [5.74, 6) is 0. The summed E-state index contributed by atoms with van der Waals surface area (Å²) in [5, 5.41) is 1.08. The molecule has 1 saturated heterocycles. The lowest BCUT2D eigenvalue weighted by Gasteiger charge is -2.06. The third-order valence-corrected chi connectivity index (χ3v) is 2.82. The molecule has 0 radical (unpaired) electrons. The van der Waals surface area contributed by atoms with Crippen molar-refractivity contribution in [1.82, 2.24) is 0 Å². The first-order valence-corrected chi connectivity index (χ1v) is 6.38. The van der Waals surface area contributed by atoms with Gasteiger partial charge in [-0.15, -0.1) is 0 Å². The molecule has 13 heavy (non-hydrogen) atoms. The molecule has 1 rings (SSSR count). The summed E-state index contributed by atoms with van der Waals surface area (Å²) in [5.41, 5.74) is 0. The van der Waals surface area contributed by atoms with Crippen LogP contribution in [0.2, 0.25) is 0 Å². The lowest BCUT2D eigenvalue weighted by molar-refractivity contribution is 0.103. The van der Waals surface area contributed by atoms with Crippen molar-refractivity contribution in [2.75, 3.05) is 11.9 Å². The van der Waals surface area contributed by atoms with E-state index in [1.807, 2.05) is 0 Å². The standard InChI is InChI=1S/C11H19BrO/c12-9-5-3-1-2-4-7-11-8-6-10-13-11/h1,3,11H,2,4-10H2. The van der Waals surface area contributed by atoms with E-state index in [1.54, 1.807) is 0 Å². The highest BCUT2D eigenvalue weighted by molar-refractivity contribution is 9.09. The number of alkyl halides is 1. The Balaban J connectivity index is 1.88. The average Bonchev–Trinajstić information content (AvgIpc) is 2.63. The van der Waals surface area contributed by atoms with Crippen molar-refractivity contribution in [1.29, 1.82) is 0 Å². The summed E-state index contributed by atoms with van der Waals surface area (Å²) in [6.07, 6.45) is 12.6. The van der Waals surface area contributed by atoms with Gasteiger partial charge in [-0.05, 0) is 38.5 Å². The molecule has 0 bridgehead atoms. The molecule has 1 nitrogen and oxygen atoms in total. The van der Waals surface area contributed by atoms with Crippen LogP contribution in [0.1, 0.15) is 38.5 Å². The average molecular weight is 247 g/mol. The van der Waals surface area contributed by atoms with Crippen molar-refractivity contribution in [2.24, 2.45) is 0 Å². The molecule has 0 aliphatic carbocycles. The van der Waals surface area contributed by atoms with Gasteiger partial charge in [0.1, 0.15) is 0 Å². The second-order valence-electron chi connectivity index (χ2n) is 3.51. The third kappa shape index (κ3) is 5.48. The van der Waals surface area contributed by atoms with Crippen LogP contribution in [0.3, 0.4) is 0 Å². The van der Waals surface area contributed by atoms with Crippen LogP contribution in [-0.2, 0) is 4.74 Å². The first kappa shape index (κ1) is 11.3. The minimum Gasteiger partial charge on any atom is -0.378 e. The molecule has 0 aromatic carbocycles. The minimum absolute atomic E-state index is 0.574. The molecule has 1 aliphatic heterocycles. The van der Waals surface area contributed by atoms with Crippen LogP contribution in [0.4, 0.5) is 0 Å². The van der Waals surface area contributed by atoms with Crippen molar-refractivity contribution >= 4 is 15.9 Å². The number of ether oxygens (including phenoxy) is 1. The molecule has 0 aromatic rings.